The predicted octanol–water partition coefficient (Wildman–Crippen LogP) is 6.87. The highest BCUT2D eigenvalue weighted by atomic mass is 14.3. The highest BCUT2D eigenvalue weighted by Crippen LogP contribution is 2.39. The second kappa shape index (κ2) is 6.42. The molecule has 0 aliphatic heterocycles. The molecule has 0 spiro atoms. The van der Waals surface area contributed by atoms with E-state index in [1.54, 1.807) is 0 Å². The van der Waals surface area contributed by atoms with Gasteiger partial charge in [0.2, 0.25) is 0 Å². The van der Waals surface area contributed by atoms with Crippen LogP contribution in [-0.2, 0) is 0 Å². The topological polar surface area (TPSA) is 23.9 Å². The first-order valence-corrected chi connectivity index (χ1v) is 9.12. The van der Waals surface area contributed by atoms with E-state index in [2.05, 4.69) is 81.4 Å². The smallest absolute Gasteiger partial charge is 0.0256 e. The van der Waals surface area contributed by atoms with Crippen molar-refractivity contribution in [2.45, 2.75) is 20.8 Å². The Labute approximate surface area is 155 Å². The predicted molar refractivity (Wildman–Crippen MR) is 113 cm³/mol. The first-order chi connectivity index (χ1) is 12.6. The molecule has 0 aromatic heterocycles. The zero-order valence-electron chi connectivity index (χ0n) is 15.5. The van der Waals surface area contributed by atoms with Crippen LogP contribution in [0.5, 0.6) is 0 Å². The average Bonchev–Trinajstić information content (AvgIpc) is 2.92. The third-order valence-corrected chi connectivity index (χ3v) is 5.53. The molecule has 0 amide bonds. The fourth-order valence-electron chi connectivity index (χ4n) is 4.19. The third-order valence-electron chi connectivity index (χ3n) is 5.53. The van der Waals surface area contributed by atoms with Crippen molar-refractivity contribution in [1.82, 2.24) is 0 Å². The second-order valence-corrected chi connectivity index (χ2v) is 7.15. The first kappa shape index (κ1) is 16.5. The lowest BCUT2D eigenvalue weighted by atomic mass is 9.89. The summed E-state index contributed by atoms with van der Waals surface area (Å²) in [7, 11) is 0. The molecule has 3 aromatic carbocycles. The van der Waals surface area contributed by atoms with Crippen molar-refractivity contribution in [2.75, 3.05) is 0 Å². The molecule has 1 unspecified atom stereocenters. The van der Waals surface area contributed by atoms with Crippen molar-refractivity contribution < 1.29 is 0 Å². The zero-order valence-corrected chi connectivity index (χ0v) is 15.5. The standard InChI is InChI=1S/C25H23N/c1-16-13-17(2)24(18(16)3)20-8-6-9-21(14-20)25-22(15-26)12-11-19-7-4-5-10-23(19)25/h4-15,17,26H,1-3H3. The van der Waals surface area contributed by atoms with Crippen LogP contribution in [0.25, 0.3) is 27.5 Å². The number of fused-ring (bicyclic) bond motifs is 1. The summed E-state index contributed by atoms with van der Waals surface area (Å²) in [4.78, 5) is 0. The minimum Gasteiger partial charge on any atom is -0.308 e. The van der Waals surface area contributed by atoms with Crippen LogP contribution in [0.15, 0.2) is 77.9 Å². The molecular formula is C25H23N. The van der Waals surface area contributed by atoms with Crippen LogP contribution >= 0.6 is 0 Å². The molecular weight excluding hydrogens is 314 g/mol. The Hall–Kier alpha value is -2.93. The molecule has 26 heavy (non-hydrogen) atoms. The molecule has 0 bridgehead atoms. The summed E-state index contributed by atoms with van der Waals surface area (Å²) in [6, 6.07) is 21.4. The quantitative estimate of drug-likeness (QED) is 0.504. The van der Waals surface area contributed by atoms with E-state index in [1.165, 1.54) is 44.8 Å². The zero-order chi connectivity index (χ0) is 18.3. The Morgan fingerprint density at radius 1 is 0.885 bits per heavy atom. The van der Waals surface area contributed by atoms with Gasteiger partial charge in [-0.15, -0.1) is 0 Å². The summed E-state index contributed by atoms with van der Waals surface area (Å²) in [5, 5.41) is 10.3. The molecule has 1 atom stereocenters. The van der Waals surface area contributed by atoms with Crippen LogP contribution in [0.1, 0.15) is 31.9 Å². The van der Waals surface area contributed by atoms with E-state index in [-0.39, 0.29) is 0 Å². The van der Waals surface area contributed by atoms with Crippen LogP contribution < -0.4 is 0 Å². The van der Waals surface area contributed by atoms with Gasteiger partial charge in [0.05, 0.1) is 0 Å². The van der Waals surface area contributed by atoms with Gasteiger partial charge in [-0.3, -0.25) is 0 Å². The van der Waals surface area contributed by atoms with Gasteiger partial charge < -0.3 is 5.41 Å². The summed E-state index contributed by atoms with van der Waals surface area (Å²) < 4.78 is 0. The molecule has 1 heteroatoms. The van der Waals surface area contributed by atoms with E-state index >= 15 is 0 Å². The van der Waals surface area contributed by atoms with Crippen LogP contribution in [0.2, 0.25) is 0 Å². The molecule has 1 nitrogen and oxygen atoms in total. The summed E-state index contributed by atoms with van der Waals surface area (Å²) in [5.74, 6) is 0.444. The second-order valence-electron chi connectivity index (χ2n) is 7.15. The molecule has 1 aliphatic rings. The van der Waals surface area contributed by atoms with Crippen LogP contribution in [0.4, 0.5) is 0 Å². The van der Waals surface area contributed by atoms with Crippen LogP contribution in [-0.4, -0.2) is 6.21 Å². The van der Waals surface area contributed by atoms with Crippen LogP contribution in [0.3, 0.4) is 0 Å². The Morgan fingerprint density at radius 2 is 1.65 bits per heavy atom. The molecule has 0 radical (unpaired) electrons. The number of hydrogen-bond acceptors (Lipinski definition) is 1. The third kappa shape index (κ3) is 2.61. The lowest BCUT2D eigenvalue weighted by molar-refractivity contribution is 0.975. The summed E-state index contributed by atoms with van der Waals surface area (Å²) in [6.07, 6.45) is 3.81. The van der Waals surface area contributed by atoms with Crippen molar-refractivity contribution in [1.29, 1.82) is 5.41 Å². The minimum absolute atomic E-state index is 0.444. The van der Waals surface area contributed by atoms with E-state index in [9.17, 15) is 0 Å². The van der Waals surface area contributed by atoms with Crippen molar-refractivity contribution in [3.05, 3.63) is 89.0 Å². The molecule has 0 fully saturated rings. The molecule has 4 rings (SSSR count). The van der Waals surface area contributed by atoms with Crippen molar-refractivity contribution in [3.8, 4) is 11.1 Å². The van der Waals surface area contributed by atoms with Crippen molar-refractivity contribution in [3.63, 3.8) is 0 Å². The van der Waals surface area contributed by atoms with Gasteiger partial charge in [-0.2, -0.15) is 0 Å². The lowest BCUT2D eigenvalue weighted by Gasteiger charge is -2.15. The Balaban J connectivity index is 1.94. The van der Waals surface area contributed by atoms with Crippen LogP contribution in [0, 0.1) is 11.3 Å². The largest absolute Gasteiger partial charge is 0.308 e. The number of allylic oxidation sites excluding steroid dienone is 4. The summed E-state index contributed by atoms with van der Waals surface area (Å²) in [5.41, 5.74) is 8.75. The maximum Gasteiger partial charge on any atom is 0.0256 e. The maximum atomic E-state index is 7.88. The summed E-state index contributed by atoms with van der Waals surface area (Å²) >= 11 is 0. The van der Waals surface area contributed by atoms with Gasteiger partial charge in [0.1, 0.15) is 0 Å². The molecule has 1 aliphatic carbocycles. The van der Waals surface area contributed by atoms with Crippen molar-refractivity contribution >= 4 is 22.6 Å². The van der Waals surface area contributed by atoms with Gasteiger partial charge in [-0.05, 0) is 58.5 Å². The minimum atomic E-state index is 0.444. The first-order valence-electron chi connectivity index (χ1n) is 9.12. The Morgan fingerprint density at radius 3 is 2.38 bits per heavy atom. The van der Waals surface area contributed by atoms with E-state index in [1.807, 2.05) is 6.07 Å². The van der Waals surface area contributed by atoms with Crippen molar-refractivity contribution in [2.24, 2.45) is 5.92 Å². The van der Waals surface area contributed by atoms with E-state index < -0.39 is 0 Å². The van der Waals surface area contributed by atoms with Gasteiger partial charge in [0.25, 0.3) is 0 Å². The number of rotatable bonds is 3. The molecule has 1 N–H and O–H groups in total. The highest BCUT2D eigenvalue weighted by Gasteiger charge is 2.20. The van der Waals surface area contributed by atoms with Gasteiger partial charge in [0.15, 0.2) is 0 Å². The Kier molecular flexibility index (Phi) is 4.08. The van der Waals surface area contributed by atoms with Gasteiger partial charge in [-0.1, -0.05) is 73.2 Å². The molecule has 0 saturated heterocycles. The maximum absolute atomic E-state index is 7.88. The Bertz CT molecular complexity index is 1080. The fraction of sp³-hybridized carbons (Fsp3) is 0.160. The summed E-state index contributed by atoms with van der Waals surface area (Å²) in [6.45, 7) is 6.68. The number of hydrogen-bond donors (Lipinski definition) is 1. The monoisotopic (exact) mass is 337 g/mol. The molecule has 3 aromatic rings. The molecule has 0 saturated carbocycles. The van der Waals surface area contributed by atoms with Gasteiger partial charge >= 0.3 is 0 Å². The van der Waals surface area contributed by atoms with E-state index in [0.29, 0.717) is 5.92 Å². The lowest BCUT2D eigenvalue weighted by Crippen LogP contribution is -1.95. The number of benzene rings is 3. The average molecular weight is 337 g/mol. The van der Waals surface area contributed by atoms with Gasteiger partial charge in [0, 0.05) is 17.7 Å². The van der Waals surface area contributed by atoms with E-state index in [0.717, 1.165) is 11.1 Å². The molecule has 0 heterocycles. The molecule has 128 valence electrons. The van der Waals surface area contributed by atoms with E-state index in [4.69, 9.17) is 5.41 Å². The SMILES string of the molecule is CC1=CC(C)C(c2cccc(-c3c(C=N)ccc4ccccc34)c2)=C1C. The normalized spacial score (nSPS) is 16.9. The van der Waals surface area contributed by atoms with Gasteiger partial charge in [-0.25, -0.2) is 0 Å². The fourth-order valence-corrected chi connectivity index (χ4v) is 4.19. The number of nitrogens with one attached hydrogen (secondary N) is 1. The highest BCUT2D eigenvalue weighted by molar-refractivity contribution is 6.05.